The quantitative estimate of drug-likeness (QED) is 0.463. The highest BCUT2D eigenvalue weighted by Gasteiger charge is 2.70. The van der Waals surface area contributed by atoms with Crippen LogP contribution in [0.3, 0.4) is 0 Å². The molecule has 2 N–H and O–H groups in total. The Hall–Kier alpha value is -0.795. The van der Waals surface area contributed by atoms with Gasteiger partial charge in [0.15, 0.2) is 5.62 Å². The monoisotopic (exact) mass is 377 g/mol. The van der Waals surface area contributed by atoms with Crippen molar-refractivity contribution in [2.24, 2.45) is 28.9 Å². The molecule has 1 aliphatic heterocycles. The first-order valence-electron chi connectivity index (χ1n) is 9.12. The molecule has 2 bridgehead atoms. The Morgan fingerprint density at radius 3 is 2.42 bits per heavy atom. The van der Waals surface area contributed by atoms with Gasteiger partial charge < -0.3 is 14.0 Å². The normalized spacial score (nSPS) is 37.8. The molecular weight excluding hydrogens is 350 g/mol. The summed E-state index contributed by atoms with van der Waals surface area (Å²) in [5.41, 5.74) is 3.60. The Bertz CT molecular complexity index is 599. The van der Waals surface area contributed by atoms with Gasteiger partial charge >= 0.3 is 19.3 Å². The zero-order valence-electron chi connectivity index (χ0n) is 15.9. The zero-order valence-corrected chi connectivity index (χ0v) is 15.9. The fraction of sp³-hybridized carbons (Fsp3) is 0.941. The van der Waals surface area contributed by atoms with Gasteiger partial charge in [0, 0.05) is 6.42 Å². The third kappa shape index (κ3) is 2.96. The number of alkyl halides is 3. The number of ether oxygens (including phenoxy) is 1. The molecule has 1 heterocycles. The van der Waals surface area contributed by atoms with Crippen molar-refractivity contribution in [1.82, 2.24) is 0 Å². The molecule has 3 aliphatic carbocycles. The van der Waals surface area contributed by atoms with Crippen LogP contribution in [0.2, 0.25) is 0 Å². The Morgan fingerprint density at radius 1 is 1.31 bits per heavy atom. The highest BCUT2D eigenvalue weighted by molar-refractivity contribution is 6.49. The summed E-state index contributed by atoms with van der Waals surface area (Å²) in [4.78, 5) is 11.5. The Kier molecular flexibility index (Phi) is 4.49. The molecule has 0 aromatic rings. The molecule has 5 nitrogen and oxygen atoms in total. The van der Waals surface area contributed by atoms with Gasteiger partial charge in [0.25, 0.3) is 0 Å². The molecule has 0 aromatic carbocycles. The van der Waals surface area contributed by atoms with E-state index in [0.29, 0.717) is 5.92 Å². The van der Waals surface area contributed by atoms with Gasteiger partial charge in [-0.2, -0.15) is 13.2 Å². The molecule has 1 saturated heterocycles. The van der Waals surface area contributed by atoms with Gasteiger partial charge in [0.2, 0.25) is 0 Å². The molecule has 4 aliphatic rings. The van der Waals surface area contributed by atoms with Gasteiger partial charge in [-0.25, -0.2) is 4.79 Å². The average molecular weight is 377 g/mol. The zero-order chi connectivity index (χ0) is 19.7. The van der Waals surface area contributed by atoms with Crippen molar-refractivity contribution in [2.45, 2.75) is 77.4 Å². The van der Waals surface area contributed by atoms with Crippen LogP contribution in [0.1, 0.15) is 53.9 Å². The molecule has 0 aromatic heterocycles. The van der Waals surface area contributed by atoms with Gasteiger partial charge in [-0.3, -0.25) is 5.73 Å². The highest BCUT2D eigenvalue weighted by Crippen LogP contribution is 2.66. The maximum atomic E-state index is 12.7. The van der Waals surface area contributed by atoms with E-state index in [2.05, 4.69) is 13.8 Å². The average Bonchev–Trinajstić information content (AvgIpc) is 2.82. The summed E-state index contributed by atoms with van der Waals surface area (Å²) >= 11 is 0. The number of hydrogen-bond acceptors (Lipinski definition) is 5. The smallest absolute Gasteiger partial charge is 0.439 e. The van der Waals surface area contributed by atoms with E-state index < -0.39 is 30.5 Å². The molecule has 4 rings (SSSR count). The van der Waals surface area contributed by atoms with Crippen molar-refractivity contribution in [1.29, 1.82) is 0 Å². The standard InChI is InChI=1S/C17H27BF3NO4/c1-9(2)8-16(22,24-13(23)17(19,20)21)18-25-12-7-10-6-11(14(10,3)4)15(12,5)26-18/h9-12H,6-8,22H2,1-5H3/t10-,11+,12-,15+,16-/m0/s1. The van der Waals surface area contributed by atoms with E-state index in [1.807, 2.05) is 6.92 Å². The molecular formula is C17H27BF3NO4. The second-order valence-electron chi connectivity index (χ2n) is 9.24. The topological polar surface area (TPSA) is 70.8 Å². The predicted octanol–water partition coefficient (Wildman–Crippen LogP) is 3.06. The van der Waals surface area contributed by atoms with E-state index in [0.717, 1.165) is 12.8 Å². The minimum atomic E-state index is -5.12. The van der Waals surface area contributed by atoms with Crippen LogP contribution in [0.5, 0.6) is 0 Å². The fourth-order valence-corrected chi connectivity index (χ4v) is 5.13. The Morgan fingerprint density at radius 2 is 1.92 bits per heavy atom. The molecule has 0 unspecified atom stereocenters. The molecule has 5 atom stereocenters. The number of rotatable bonds is 4. The maximum Gasteiger partial charge on any atom is 0.521 e. The van der Waals surface area contributed by atoms with Crippen LogP contribution in [0, 0.1) is 23.2 Å². The third-order valence-corrected chi connectivity index (χ3v) is 6.59. The minimum absolute atomic E-state index is 0.000223. The first-order valence-corrected chi connectivity index (χ1v) is 9.12. The van der Waals surface area contributed by atoms with Crippen molar-refractivity contribution in [2.75, 3.05) is 0 Å². The van der Waals surface area contributed by atoms with E-state index in [-0.39, 0.29) is 29.8 Å². The summed E-state index contributed by atoms with van der Waals surface area (Å²) in [6.07, 6.45) is -3.62. The molecule has 148 valence electrons. The second kappa shape index (κ2) is 5.85. The van der Waals surface area contributed by atoms with Crippen LogP contribution < -0.4 is 5.73 Å². The van der Waals surface area contributed by atoms with Crippen molar-refractivity contribution >= 4 is 13.1 Å². The molecule has 4 fully saturated rings. The molecule has 26 heavy (non-hydrogen) atoms. The lowest BCUT2D eigenvalue weighted by Gasteiger charge is -2.64. The van der Waals surface area contributed by atoms with Gasteiger partial charge in [-0.15, -0.1) is 0 Å². The Balaban J connectivity index is 1.84. The summed E-state index contributed by atoms with van der Waals surface area (Å²) in [7, 11) is -1.22. The van der Waals surface area contributed by atoms with Crippen molar-refractivity contribution in [3.05, 3.63) is 0 Å². The molecule has 9 heteroatoms. The maximum absolute atomic E-state index is 12.7. The van der Waals surface area contributed by atoms with E-state index in [1.165, 1.54) is 0 Å². The summed E-state index contributed by atoms with van der Waals surface area (Å²) in [6, 6.07) is 0. The van der Waals surface area contributed by atoms with Crippen molar-refractivity contribution in [3.63, 3.8) is 0 Å². The van der Waals surface area contributed by atoms with E-state index in [9.17, 15) is 18.0 Å². The number of halogens is 3. The van der Waals surface area contributed by atoms with Gasteiger partial charge in [-0.05, 0) is 42.9 Å². The van der Waals surface area contributed by atoms with Crippen LogP contribution >= 0.6 is 0 Å². The first-order chi connectivity index (χ1) is 11.7. The fourth-order valence-electron chi connectivity index (χ4n) is 5.13. The molecule has 0 spiro atoms. The van der Waals surface area contributed by atoms with Crippen molar-refractivity contribution in [3.8, 4) is 0 Å². The lowest BCUT2D eigenvalue weighted by atomic mass is 9.43. The van der Waals surface area contributed by atoms with E-state index in [1.54, 1.807) is 13.8 Å². The lowest BCUT2D eigenvalue weighted by Crippen LogP contribution is -2.65. The third-order valence-electron chi connectivity index (χ3n) is 6.59. The van der Waals surface area contributed by atoms with E-state index in [4.69, 9.17) is 19.8 Å². The van der Waals surface area contributed by atoms with Crippen LogP contribution in [-0.4, -0.2) is 36.6 Å². The summed E-state index contributed by atoms with van der Waals surface area (Å²) in [6.45, 7) is 9.86. The largest absolute Gasteiger partial charge is 0.521 e. The van der Waals surface area contributed by atoms with Crippen LogP contribution in [0.25, 0.3) is 0 Å². The number of esters is 1. The SMILES string of the molecule is CC(C)C[C@](N)(OC(=O)C(F)(F)F)B1O[C@H]2C[C@@H]3C[C@H](C3(C)C)[C@@]2(C)O1. The first kappa shape index (κ1) is 20.0. The summed E-state index contributed by atoms with van der Waals surface area (Å²) in [5.74, 6) is -1.72. The molecule has 3 saturated carbocycles. The van der Waals surface area contributed by atoms with E-state index >= 15 is 0 Å². The molecule has 0 amide bonds. The minimum Gasteiger partial charge on any atom is -0.439 e. The summed E-state index contributed by atoms with van der Waals surface area (Å²) < 4.78 is 55.0. The van der Waals surface area contributed by atoms with Gasteiger partial charge in [0.05, 0.1) is 11.7 Å². The van der Waals surface area contributed by atoms with Crippen LogP contribution in [-0.2, 0) is 18.8 Å². The number of carbonyl (C=O) groups is 1. The summed E-state index contributed by atoms with van der Waals surface area (Å²) in [5, 5.41) is 0. The Labute approximate surface area is 152 Å². The number of nitrogens with two attached hydrogens (primary N) is 1. The number of carbonyl (C=O) groups excluding carboxylic acids is 1. The molecule has 0 radical (unpaired) electrons. The predicted molar refractivity (Wildman–Crippen MR) is 88.6 cm³/mol. The lowest BCUT2D eigenvalue weighted by molar-refractivity contribution is -0.211. The highest BCUT2D eigenvalue weighted by atomic mass is 19.4. The number of hydrogen-bond donors (Lipinski definition) is 1. The van der Waals surface area contributed by atoms with Crippen LogP contribution in [0.15, 0.2) is 0 Å². The van der Waals surface area contributed by atoms with Crippen LogP contribution in [0.4, 0.5) is 13.2 Å². The van der Waals surface area contributed by atoms with Gasteiger partial charge in [-0.1, -0.05) is 27.7 Å². The van der Waals surface area contributed by atoms with Gasteiger partial charge in [0.1, 0.15) is 0 Å². The second-order valence-corrected chi connectivity index (χ2v) is 9.24. The van der Waals surface area contributed by atoms with Crippen molar-refractivity contribution < 1.29 is 32.0 Å².